The van der Waals surface area contributed by atoms with Crippen LogP contribution in [0.25, 0.3) is 10.9 Å². The van der Waals surface area contributed by atoms with Crippen molar-refractivity contribution >= 4 is 34.2 Å². The molecule has 1 saturated heterocycles. The highest BCUT2D eigenvalue weighted by Crippen LogP contribution is 2.29. The zero-order valence-electron chi connectivity index (χ0n) is 18.6. The molecule has 9 heteroatoms. The maximum Gasteiger partial charge on any atom is 0.314 e. The van der Waals surface area contributed by atoms with E-state index in [0.717, 1.165) is 12.1 Å². The van der Waals surface area contributed by atoms with E-state index in [2.05, 4.69) is 46.2 Å². The van der Waals surface area contributed by atoms with Crippen molar-refractivity contribution in [1.29, 1.82) is 0 Å². The van der Waals surface area contributed by atoms with Gasteiger partial charge in [0.25, 0.3) is 0 Å². The van der Waals surface area contributed by atoms with Gasteiger partial charge in [-0.25, -0.2) is 4.98 Å². The predicted molar refractivity (Wildman–Crippen MR) is 124 cm³/mol. The number of aromatic amines is 1. The molecule has 0 saturated carbocycles. The van der Waals surface area contributed by atoms with Gasteiger partial charge in [-0.3, -0.25) is 19.6 Å². The predicted octanol–water partition coefficient (Wildman–Crippen LogP) is 2.41. The lowest BCUT2D eigenvalue weighted by molar-refractivity contribution is -0.148. The van der Waals surface area contributed by atoms with Crippen LogP contribution >= 0.6 is 0 Å². The molecule has 32 heavy (non-hydrogen) atoms. The maximum atomic E-state index is 13.3. The molecule has 4 rings (SSSR count). The first-order valence-corrected chi connectivity index (χ1v) is 10.8. The standard InChI is InChI=1S/C23H29N7O2/c1-14(2)11-29-13-19(16-7-5-4-6-8-16)30(12-15(29)3)23(32)22(31)27-18-10-25-21(24)17-9-26-28-20(17)18/h4-10,14-15,19H,11-13H2,1-3H3,(H2,24,25)(H,26,28)(H,27,31)/t15-,19-/m1/s1. The lowest BCUT2D eigenvalue weighted by atomic mass is 9.98. The number of nitrogens with one attached hydrogen (secondary N) is 2. The van der Waals surface area contributed by atoms with Crippen molar-refractivity contribution in [3.05, 3.63) is 48.3 Å². The van der Waals surface area contributed by atoms with Gasteiger partial charge in [0.2, 0.25) is 0 Å². The summed E-state index contributed by atoms with van der Waals surface area (Å²) in [5, 5.41) is 10.0. The second kappa shape index (κ2) is 8.96. The number of carbonyl (C=O) groups excluding carboxylic acids is 2. The van der Waals surface area contributed by atoms with E-state index >= 15 is 0 Å². The number of H-pyrrole nitrogens is 1. The molecule has 1 fully saturated rings. The van der Waals surface area contributed by atoms with Gasteiger partial charge in [0, 0.05) is 25.7 Å². The molecule has 0 aliphatic carbocycles. The Morgan fingerprint density at radius 1 is 1.22 bits per heavy atom. The Balaban J connectivity index is 1.59. The molecule has 2 aromatic heterocycles. The number of amides is 2. The summed E-state index contributed by atoms with van der Waals surface area (Å²) in [5.74, 6) is -0.469. The molecular weight excluding hydrogens is 406 g/mol. The molecule has 1 aromatic carbocycles. The zero-order chi connectivity index (χ0) is 22.8. The van der Waals surface area contributed by atoms with E-state index in [1.54, 1.807) is 4.90 Å². The number of anilines is 2. The highest BCUT2D eigenvalue weighted by Gasteiger charge is 2.37. The summed E-state index contributed by atoms with van der Waals surface area (Å²) in [6, 6.07) is 9.81. The number of rotatable bonds is 4. The van der Waals surface area contributed by atoms with E-state index in [1.165, 1.54) is 12.4 Å². The van der Waals surface area contributed by atoms with Gasteiger partial charge < -0.3 is 16.0 Å². The number of fused-ring (bicyclic) bond motifs is 1. The summed E-state index contributed by atoms with van der Waals surface area (Å²) >= 11 is 0. The first kappa shape index (κ1) is 21.8. The van der Waals surface area contributed by atoms with Crippen molar-refractivity contribution in [3.8, 4) is 0 Å². The third kappa shape index (κ3) is 4.29. The van der Waals surface area contributed by atoms with E-state index in [4.69, 9.17) is 5.73 Å². The van der Waals surface area contributed by atoms with Crippen LogP contribution in [0.1, 0.15) is 32.4 Å². The highest BCUT2D eigenvalue weighted by atomic mass is 16.2. The molecular formula is C23H29N7O2. The van der Waals surface area contributed by atoms with E-state index in [1.807, 2.05) is 30.3 Å². The molecule has 4 N–H and O–H groups in total. The second-order valence-corrected chi connectivity index (χ2v) is 8.75. The Kier molecular flexibility index (Phi) is 6.09. The Morgan fingerprint density at radius 2 is 1.97 bits per heavy atom. The molecule has 0 unspecified atom stereocenters. The number of carbonyl (C=O) groups is 2. The fourth-order valence-electron chi connectivity index (χ4n) is 4.29. The van der Waals surface area contributed by atoms with E-state index in [0.29, 0.717) is 41.4 Å². The fraction of sp³-hybridized carbons (Fsp3) is 0.391. The Labute approximate surface area is 187 Å². The molecule has 2 atom stereocenters. The number of nitrogens with zero attached hydrogens (tertiary/aromatic N) is 4. The highest BCUT2D eigenvalue weighted by molar-refractivity contribution is 6.40. The van der Waals surface area contributed by atoms with Crippen LogP contribution in [-0.2, 0) is 9.59 Å². The molecule has 9 nitrogen and oxygen atoms in total. The van der Waals surface area contributed by atoms with E-state index in [9.17, 15) is 9.59 Å². The number of piperazine rings is 1. The van der Waals surface area contributed by atoms with Crippen LogP contribution in [0.15, 0.2) is 42.7 Å². The van der Waals surface area contributed by atoms with Gasteiger partial charge in [-0.05, 0) is 18.4 Å². The van der Waals surface area contributed by atoms with Crippen LogP contribution < -0.4 is 11.1 Å². The summed E-state index contributed by atoms with van der Waals surface area (Å²) in [6.45, 7) is 8.56. The molecule has 3 aromatic rings. The van der Waals surface area contributed by atoms with Crippen LogP contribution in [0.4, 0.5) is 11.5 Å². The molecule has 168 valence electrons. The first-order valence-electron chi connectivity index (χ1n) is 10.8. The van der Waals surface area contributed by atoms with Gasteiger partial charge in [-0.2, -0.15) is 5.10 Å². The van der Waals surface area contributed by atoms with Crippen molar-refractivity contribution in [1.82, 2.24) is 25.0 Å². The molecule has 0 spiro atoms. The number of nitrogens with two attached hydrogens (primary N) is 1. The van der Waals surface area contributed by atoms with Gasteiger partial charge in [-0.15, -0.1) is 0 Å². The van der Waals surface area contributed by atoms with Crippen molar-refractivity contribution in [2.24, 2.45) is 5.92 Å². The van der Waals surface area contributed by atoms with Gasteiger partial charge in [0.05, 0.1) is 35.0 Å². The SMILES string of the molecule is CC(C)CN1C[C@H](c2ccccc2)N(C(=O)C(=O)Nc2cnc(N)c3cn[nH]c23)C[C@H]1C. The lowest BCUT2D eigenvalue weighted by Gasteiger charge is -2.45. The summed E-state index contributed by atoms with van der Waals surface area (Å²) in [4.78, 5) is 34.5. The van der Waals surface area contributed by atoms with E-state index < -0.39 is 11.8 Å². The third-order valence-electron chi connectivity index (χ3n) is 5.87. The lowest BCUT2D eigenvalue weighted by Crippen LogP contribution is -2.57. The molecule has 0 bridgehead atoms. The summed E-state index contributed by atoms with van der Waals surface area (Å²) in [7, 11) is 0. The number of benzene rings is 1. The largest absolute Gasteiger partial charge is 0.383 e. The van der Waals surface area contributed by atoms with Crippen LogP contribution in [0.5, 0.6) is 0 Å². The Bertz CT molecular complexity index is 1110. The summed E-state index contributed by atoms with van der Waals surface area (Å²) in [5.41, 5.74) is 7.78. The summed E-state index contributed by atoms with van der Waals surface area (Å²) in [6.07, 6.45) is 2.97. The van der Waals surface area contributed by atoms with Gasteiger partial charge >= 0.3 is 11.8 Å². The average molecular weight is 436 g/mol. The monoisotopic (exact) mass is 435 g/mol. The Hall–Kier alpha value is -3.46. The number of hydrogen-bond donors (Lipinski definition) is 3. The van der Waals surface area contributed by atoms with Crippen LogP contribution in [-0.4, -0.2) is 62.5 Å². The average Bonchev–Trinajstić information content (AvgIpc) is 3.28. The number of pyridine rings is 1. The molecule has 3 heterocycles. The molecule has 1 aliphatic rings. The van der Waals surface area contributed by atoms with E-state index in [-0.39, 0.29) is 12.1 Å². The van der Waals surface area contributed by atoms with Gasteiger partial charge in [0.15, 0.2) is 0 Å². The number of nitrogen functional groups attached to an aromatic ring is 1. The minimum Gasteiger partial charge on any atom is -0.383 e. The number of aromatic nitrogens is 3. The topological polar surface area (TPSA) is 120 Å². The Morgan fingerprint density at radius 3 is 2.69 bits per heavy atom. The zero-order valence-corrected chi connectivity index (χ0v) is 18.6. The fourth-order valence-corrected chi connectivity index (χ4v) is 4.29. The normalized spacial score (nSPS) is 19.4. The van der Waals surface area contributed by atoms with Crippen LogP contribution in [0, 0.1) is 5.92 Å². The van der Waals surface area contributed by atoms with Gasteiger partial charge in [0.1, 0.15) is 5.82 Å². The first-order chi connectivity index (χ1) is 15.3. The molecule has 1 aliphatic heterocycles. The van der Waals surface area contributed by atoms with Gasteiger partial charge in [-0.1, -0.05) is 44.2 Å². The minimum absolute atomic E-state index is 0.145. The maximum absolute atomic E-state index is 13.3. The third-order valence-corrected chi connectivity index (χ3v) is 5.87. The van der Waals surface area contributed by atoms with Crippen LogP contribution in [0.2, 0.25) is 0 Å². The summed E-state index contributed by atoms with van der Waals surface area (Å²) < 4.78 is 0. The number of hydrogen-bond acceptors (Lipinski definition) is 6. The molecule has 0 radical (unpaired) electrons. The van der Waals surface area contributed by atoms with Crippen molar-refractivity contribution < 1.29 is 9.59 Å². The minimum atomic E-state index is -0.710. The molecule has 2 amide bonds. The van der Waals surface area contributed by atoms with Crippen LogP contribution in [0.3, 0.4) is 0 Å². The quantitative estimate of drug-likeness (QED) is 0.541. The van der Waals surface area contributed by atoms with Crippen molar-refractivity contribution in [3.63, 3.8) is 0 Å². The van der Waals surface area contributed by atoms with Crippen molar-refractivity contribution in [2.45, 2.75) is 32.9 Å². The second-order valence-electron chi connectivity index (χ2n) is 8.75. The smallest absolute Gasteiger partial charge is 0.314 e. The van der Waals surface area contributed by atoms with Crippen molar-refractivity contribution in [2.75, 3.05) is 30.7 Å².